The largest absolute Gasteiger partial charge is 0.424 e. The van der Waals surface area contributed by atoms with Crippen LogP contribution in [0.4, 0.5) is 0 Å². The first-order valence-electron chi connectivity index (χ1n) is 6.38. The molecule has 2 rings (SSSR count). The van der Waals surface area contributed by atoms with Crippen LogP contribution in [0.25, 0.3) is 0 Å². The van der Waals surface area contributed by atoms with Gasteiger partial charge in [-0.05, 0) is 31.0 Å². The molecule has 0 saturated carbocycles. The van der Waals surface area contributed by atoms with E-state index in [1.54, 1.807) is 6.20 Å². The van der Waals surface area contributed by atoms with Crippen LogP contribution in [-0.2, 0) is 12.3 Å². The van der Waals surface area contributed by atoms with E-state index in [1.807, 2.05) is 19.1 Å². The molecule has 0 bridgehead atoms. The van der Waals surface area contributed by atoms with E-state index < -0.39 is 0 Å². The molecule has 4 heteroatoms. The van der Waals surface area contributed by atoms with Gasteiger partial charge in [0.05, 0.1) is 5.88 Å². The monoisotopic (exact) mass is 276 g/mol. The van der Waals surface area contributed by atoms with Crippen LogP contribution >= 0.6 is 11.6 Å². The van der Waals surface area contributed by atoms with Gasteiger partial charge < -0.3 is 4.74 Å². The maximum atomic E-state index is 5.77. The van der Waals surface area contributed by atoms with Gasteiger partial charge in [0, 0.05) is 17.5 Å². The number of hydrogen-bond acceptors (Lipinski definition) is 3. The molecular formula is C15H17ClN2O. The molecule has 1 aromatic carbocycles. The Labute approximate surface area is 118 Å². The third kappa shape index (κ3) is 3.67. The summed E-state index contributed by atoms with van der Waals surface area (Å²) in [5.74, 6) is 1.16. The lowest BCUT2D eigenvalue weighted by Gasteiger charge is -2.07. The lowest BCUT2D eigenvalue weighted by Crippen LogP contribution is -1.97. The number of alkyl halides is 1. The number of ether oxygens (including phenoxy) is 1. The molecule has 3 nitrogen and oxygen atoms in total. The highest BCUT2D eigenvalue weighted by molar-refractivity contribution is 6.17. The minimum absolute atomic E-state index is 0.356. The Morgan fingerprint density at radius 3 is 2.53 bits per heavy atom. The predicted molar refractivity (Wildman–Crippen MR) is 76.8 cm³/mol. The highest BCUT2D eigenvalue weighted by Crippen LogP contribution is 2.20. The first kappa shape index (κ1) is 13.8. The summed E-state index contributed by atoms with van der Waals surface area (Å²) in [6.45, 7) is 4.07. The Kier molecular flexibility index (Phi) is 4.74. The standard InChI is InChI=1S/C15H17ClN2O/c1-3-4-12-5-7-14(8-6-12)19-15-17-10-13(9-16)11(2)18-15/h5-8,10H,3-4,9H2,1-2H3. The molecule has 0 atom stereocenters. The molecule has 0 aliphatic rings. The molecule has 2 aromatic rings. The molecule has 0 spiro atoms. The van der Waals surface area contributed by atoms with Crippen molar-refractivity contribution in [2.45, 2.75) is 32.6 Å². The zero-order chi connectivity index (χ0) is 13.7. The minimum Gasteiger partial charge on any atom is -0.424 e. The van der Waals surface area contributed by atoms with Gasteiger partial charge in [-0.2, -0.15) is 4.98 Å². The highest BCUT2D eigenvalue weighted by atomic mass is 35.5. The third-order valence-corrected chi connectivity index (χ3v) is 3.16. The molecule has 0 aliphatic heterocycles. The molecule has 0 fully saturated rings. The van der Waals surface area contributed by atoms with E-state index >= 15 is 0 Å². The second-order valence-electron chi connectivity index (χ2n) is 4.39. The second-order valence-corrected chi connectivity index (χ2v) is 4.66. The van der Waals surface area contributed by atoms with Crippen molar-refractivity contribution in [3.63, 3.8) is 0 Å². The number of hydrogen-bond donors (Lipinski definition) is 0. The summed E-state index contributed by atoms with van der Waals surface area (Å²) in [6.07, 6.45) is 3.93. The molecule has 0 unspecified atom stereocenters. The average Bonchev–Trinajstić information content (AvgIpc) is 2.42. The molecule has 0 aliphatic carbocycles. The molecule has 0 N–H and O–H groups in total. The van der Waals surface area contributed by atoms with E-state index in [0.717, 1.165) is 29.8 Å². The van der Waals surface area contributed by atoms with Gasteiger partial charge in [-0.15, -0.1) is 11.6 Å². The van der Waals surface area contributed by atoms with Crippen molar-refractivity contribution in [1.29, 1.82) is 0 Å². The van der Waals surface area contributed by atoms with E-state index in [0.29, 0.717) is 11.9 Å². The van der Waals surface area contributed by atoms with Gasteiger partial charge in [-0.1, -0.05) is 25.5 Å². The lowest BCUT2D eigenvalue weighted by atomic mass is 10.1. The van der Waals surface area contributed by atoms with Crippen molar-refractivity contribution < 1.29 is 4.74 Å². The van der Waals surface area contributed by atoms with Gasteiger partial charge in [-0.3, -0.25) is 0 Å². The summed E-state index contributed by atoms with van der Waals surface area (Å²) in [5.41, 5.74) is 3.08. The Balaban J connectivity index is 2.10. The van der Waals surface area contributed by atoms with Crippen molar-refractivity contribution >= 4 is 11.6 Å². The number of benzene rings is 1. The van der Waals surface area contributed by atoms with Crippen molar-refractivity contribution in [3.05, 3.63) is 47.3 Å². The Hall–Kier alpha value is -1.61. The molecule has 19 heavy (non-hydrogen) atoms. The van der Waals surface area contributed by atoms with Gasteiger partial charge in [0.25, 0.3) is 0 Å². The summed E-state index contributed by atoms with van der Waals surface area (Å²) in [7, 11) is 0. The van der Waals surface area contributed by atoms with Crippen molar-refractivity contribution in [2.75, 3.05) is 0 Å². The molecule has 0 saturated heterocycles. The van der Waals surface area contributed by atoms with E-state index in [9.17, 15) is 0 Å². The fraction of sp³-hybridized carbons (Fsp3) is 0.333. The number of rotatable bonds is 5. The molecule has 100 valence electrons. The molecule has 0 amide bonds. The van der Waals surface area contributed by atoms with E-state index in [4.69, 9.17) is 16.3 Å². The van der Waals surface area contributed by atoms with E-state index in [1.165, 1.54) is 5.56 Å². The summed E-state index contributed by atoms with van der Waals surface area (Å²) in [6, 6.07) is 8.38. The van der Waals surface area contributed by atoms with Crippen LogP contribution in [0.5, 0.6) is 11.8 Å². The van der Waals surface area contributed by atoms with Crippen LogP contribution in [0.1, 0.15) is 30.2 Å². The first-order valence-corrected chi connectivity index (χ1v) is 6.91. The van der Waals surface area contributed by atoms with E-state index in [-0.39, 0.29) is 0 Å². The van der Waals surface area contributed by atoms with Crippen LogP contribution < -0.4 is 4.74 Å². The number of aryl methyl sites for hydroxylation is 2. The molecular weight excluding hydrogens is 260 g/mol. The zero-order valence-electron chi connectivity index (χ0n) is 11.2. The summed E-state index contributed by atoms with van der Waals surface area (Å²) in [5, 5.41) is 0. The Morgan fingerprint density at radius 1 is 1.21 bits per heavy atom. The number of nitrogens with zero attached hydrogens (tertiary/aromatic N) is 2. The third-order valence-electron chi connectivity index (χ3n) is 2.87. The number of halogens is 1. The first-order chi connectivity index (χ1) is 9.22. The highest BCUT2D eigenvalue weighted by Gasteiger charge is 2.04. The molecule has 0 radical (unpaired) electrons. The fourth-order valence-corrected chi connectivity index (χ4v) is 2.03. The fourth-order valence-electron chi connectivity index (χ4n) is 1.77. The van der Waals surface area contributed by atoms with Crippen LogP contribution in [0.15, 0.2) is 30.5 Å². The van der Waals surface area contributed by atoms with Gasteiger partial charge in [-0.25, -0.2) is 4.98 Å². The van der Waals surface area contributed by atoms with Crippen LogP contribution in [0.3, 0.4) is 0 Å². The van der Waals surface area contributed by atoms with Crippen LogP contribution in [-0.4, -0.2) is 9.97 Å². The van der Waals surface area contributed by atoms with Crippen LogP contribution in [0, 0.1) is 6.92 Å². The van der Waals surface area contributed by atoms with Gasteiger partial charge in [0.1, 0.15) is 5.75 Å². The average molecular weight is 277 g/mol. The Morgan fingerprint density at radius 2 is 1.95 bits per heavy atom. The van der Waals surface area contributed by atoms with Gasteiger partial charge in [0.15, 0.2) is 0 Å². The predicted octanol–water partition coefficient (Wildman–Crippen LogP) is 4.27. The van der Waals surface area contributed by atoms with E-state index in [2.05, 4.69) is 29.0 Å². The van der Waals surface area contributed by atoms with Crippen LogP contribution in [0.2, 0.25) is 0 Å². The van der Waals surface area contributed by atoms with Crippen molar-refractivity contribution in [1.82, 2.24) is 9.97 Å². The van der Waals surface area contributed by atoms with Crippen molar-refractivity contribution in [3.8, 4) is 11.8 Å². The Bertz CT molecular complexity index is 540. The summed E-state index contributed by atoms with van der Waals surface area (Å²) in [4.78, 5) is 8.43. The maximum Gasteiger partial charge on any atom is 0.322 e. The normalized spacial score (nSPS) is 10.5. The maximum absolute atomic E-state index is 5.77. The zero-order valence-corrected chi connectivity index (χ0v) is 11.9. The summed E-state index contributed by atoms with van der Waals surface area (Å²) < 4.78 is 5.63. The second kappa shape index (κ2) is 6.53. The topological polar surface area (TPSA) is 35.0 Å². The van der Waals surface area contributed by atoms with Gasteiger partial charge >= 0.3 is 6.01 Å². The quantitative estimate of drug-likeness (QED) is 0.765. The summed E-state index contributed by atoms with van der Waals surface area (Å²) >= 11 is 5.77. The SMILES string of the molecule is CCCc1ccc(Oc2ncc(CCl)c(C)n2)cc1. The lowest BCUT2D eigenvalue weighted by molar-refractivity contribution is 0.439. The smallest absolute Gasteiger partial charge is 0.322 e. The number of aromatic nitrogens is 2. The minimum atomic E-state index is 0.356. The van der Waals surface area contributed by atoms with Crippen molar-refractivity contribution in [2.24, 2.45) is 0 Å². The van der Waals surface area contributed by atoms with Gasteiger partial charge in [0.2, 0.25) is 0 Å². The molecule has 1 aromatic heterocycles. The molecule has 1 heterocycles.